The van der Waals surface area contributed by atoms with Crippen molar-refractivity contribution in [1.29, 1.82) is 0 Å². The first-order valence-electron chi connectivity index (χ1n) is 10.7. The molecule has 1 saturated heterocycles. The standard InChI is InChI=1S/C24H28N4O/c1-2-14-25-23(6-1)22-11-15-26-27-24(22)18-7-9-20(10-8-18)29-21-12-16-28(17-13-21)19-4-3-5-19/h1-2,6-11,14-15,19,21,26-27H,3-5,12-13,16-17H2. The third-order valence-electron chi connectivity index (χ3n) is 6.25. The fraction of sp³-hybridized carbons (Fsp3) is 0.375. The molecule has 2 aromatic rings. The fourth-order valence-electron chi connectivity index (χ4n) is 4.36. The normalized spacial score (nSPS) is 20.7. The van der Waals surface area contributed by atoms with Crippen LogP contribution in [0.5, 0.6) is 5.75 Å². The maximum absolute atomic E-state index is 6.28. The summed E-state index contributed by atoms with van der Waals surface area (Å²) < 4.78 is 6.28. The molecule has 0 spiro atoms. The highest BCUT2D eigenvalue weighted by Gasteiger charge is 2.29. The lowest BCUT2D eigenvalue weighted by Crippen LogP contribution is -2.46. The van der Waals surface area contributed by atoms with E-state index in [1.54, 1.807) is 0 Å². The van der Waals surface area contributed by atoms with Gasteiger partial charge in [-0.05, 0) is 68.2 Å². The molecule has 1 aliphatic carbocycles. The number of nitrogens with one attached hydrogen (secondary N) is 2. The molecule has 5 nitrogen and oxygen atoms in total. The maximum Gasteiger partial charge on any atom is 0.119 e. The Hall–Kier alpha value is -2.79. The third kappa shape index (κ3) is 4.01. The molecule has 3 heterocycles. The molecule has 150 valence electrons. The average molecular weight is 389 g/mol. The summed E-state index contributed by atoms with van der Waals surface area (Å²) in [7, 11) is 0. The van der Waals surface area contributed by atoms with Crippen LogP contribution in [0.1, 0.15) is 43.4 Å². The van der Waals surface area contributed by atoms with Crippen LogP contribution in [0.4, 0.5) is 0 Å². The van der Waals surface area contributed by atoms with E-state index < -0.39 is 0 Å². The van der Waals surface area contributed by atoms with Crippen molar-refractivity contribution in [3.63, 3.8) is 0 Å². The SMILES string of the molecule is C1=CC(c2ccccn2)=C(c2ccc(OC3CCN(C4CCC4)CC3)cc2)NN1. The molecule has 5 rings (SSSR count). The molecular weight excluding hydrogens is 360 g/mol. The Morgan fingerprint density at radius 2 is 1.79 bits per heavy atom. The van der Waals surface area contributed by atoms with Crippen LogP contribution in [-0.4, -0.2) is 35.1 Å². The Bertz CT molecular complexity index is 879. The number of hydrogen-bond acceptors (Lipinski definition) is 5. The second-order valence-electron chi connectivity index (χ2n) is 8.07. The monoisotopic (exact) mass is 388 g/mol. The van der Waals surface area contributed by atoms with Crippen LogP contribution in [0.15, 0.2) is 60.9 Å². The molecule has 0 amide bonds. The van der Waals surface area contributed by atoms with Crippen LogP contribution in [0.3, 0.4) is 0 Å². The first kappa shape index (κ1) is 18.3. The lowest BCUT2D eigenvalue weighted by molar-refractivity contribution is 0.0493. The van der Waals surface area contributed by atoms with Gasteiger partial charge in [-0.15, -0.1) is 0 Å². The highest BCUT2D eigenvalue weighted by molar-refractivity contribution is 5.94. The number of hydrazine groups is 1. The molecule has 0 bridgehead atoms. The lowest BCUT2D eigenvalue weighted by atomic mass is 9.90. The highest BCUT2D eigenvalue weighted by Crippen LogP contribution is 2.30. The van der Waals surface area contributed by atoms with Crippen molar-refractivity contribution in [2.75, 3.05) is 13.1 Å². The predicted molar refractivity (Wildman–Crippen MR) is 116 cm³/mol. The quantitative estimate of drug-likeness (QED) is 0.812. The molecule has 3 aliphatic rings. The van der Waals surface area contributed by atoms with Crippen molar-refractivity contribution in [2.24, 2.45) is 0 Å². The minimum atomic E-state index is 0.331. The van der Waals surface area contributed by atoms with Gasteiger partial charge in [0.1, 0.15) is 11.9 Å². The van der Waals surface area contributed by atoms with Gasteiger partial charge in [0, 0.05) is 42.7 Å². The zero-order chi connectivity index (χ0) is 19.5. The molecule has 0 radical (unpaired) electrons. The number of likely N-dealkylation sites (tertiary alicyclic amines) is 1. The van der Waals surface area contributed by atoms with E-state index in [2.05, 4.69) is 51.1 Å². The van der Waals surface area contributed by atoms with Crippen LogP contribution >= 0.6 is 0 Å². The van der Waals surface area contributed by atoms with Crippen LogP contribution in [-0.2, 0) is 0 Å². The van der Waals surface area contributed by atoms with Gasteiger partial charge in [-0.3, -0.25) is 4.98 Å². The van der Waals surface area contributed by atoms with Crippen molar-refractivity contribution >= 4 is 11.3 Å². The van der Waals surface area contributed by atoms with E-state index in [9.17, 15) is 0 Å². The second kappa shape index (κ2) is 8.29. The van der Waals surface area contributed by atoms with E-state index in [0.717, 1.165) is 47.2 Å². The van der Waals surface area contributed by atoms with Crippen molar-refractivity contribution < 1.29 is 4.74 Å². The lowest BCUT2D eigenvalue weighted by Gasteiger charge is -2.41. The number of piperidine rings is 1. The van der Waals surface area contributed by atoms with E-state index in [4.69, 9.17) is 4.74 Å². The summed E-state index contributed by atoms with van der Waals surface area (Å²) in [5, 5.41) is 0. The van der Waals surface area contributed by atoms with Crippen LogP contribution in [0.2, 0.25) is 0 Å². The molecule has 29 heavy (non-hydrogen) atoms. The van der Waals surface area contributed by atoms with Crippen LogP contribution in [0, 0.1) is 0 Å². The smallest absolute Gasteiger partial charge is 0.119 e. The summed E-state index contributed by atoms with van der Waals surface area (Å²) >= 11 is 0. The van der Waals surface area contributed by atoms with Gasteiger partial charge in [-0.25, -0.2) is 0 Å². The average Bonchev–Trinajstić information content (AvgIpc) is 2.75. The summed E-state index contributed by atoms with van der Waals surface area (Å²) in [4.78, 5) is 7.16. The van der Waals surface area contributed by atoms with Gasteiger partial charge in [0.25, 0.3) is 0 Å². The third-order valence-corrected chi connectivity index (χ3v) is 6.25. The van der Waals surface area contributed by atoms with Crippen LogP contribution in [0.25, 0.3) is 11.3 Å². The fourth-order valence-corrected chi connectivity index (χ4v) is 4.36. The molecule has 1 aromatic carbocycles. The number of benzene rings is 1. The van der Waals surface area contributed by atoms with Gasteiger partial charge in [0.15, 0.2) is 0 Å². The first-order valence-corrected chi connectivity index (χ1v) is 10.7. The molecule has 0 unspecified atom stereocenters. The minimum Gasteiger partial charge on any atom is -0.490 e. The summed E-state index contributed by atoms with van der Waals surface area (Å²) in [5.41, 5.74) is 10.5. The zero-order valence-corrected chi connectivity index (χ0v) is 16.7. The van der Waals surface area contributed by atoms with E-state index in [1.807, 2.05) is 30.6 Å². The topological polar surface area (TPSA) is 49.4 Å². The van der Waals surface area contributed by atoms with E-state index in [-0.39, 0.29) is 0 Å². The Morgan fingerprint density at radius 1 is 0.966 bits per heavy atom. The predicted octanol–water partition coefficient (Wildman–Crippen LogP) is 3.97. The van der Waals surface area contributed by atoms with E-state index in [1.165, 1.54) is 32.4 Å². The molecule has 5 heteroatoms. The van der Waals surface area contributed by atoms with Crippen molar-refractivity contribution in [3.05, 3.63) is 72.2 Å². The molecule has 1 saturated carbocycles. The number of rotatable bonds is 5. The van der Waals surface area contributed by atoms with Crippen molar-refractivity contribution in [1.82, 2.24) is 20.7 Å². The maximum atomic E-state index is 6.28. The molecule has 0 atom stereocenters. The number of pyridine rings is 1. The number of allylic oxidation sites excluding steroid dienone is 2. The Labute approximate surface area is 172 Å². The van der Waals surface area contributed by atoms with Gasteiger partial charge >= 0.3 is 0 Å². The van der Waals surface area contributed by atoms with Crippen molar-refractivity contribution in [3.8, 4) is 5.75 Å². The summed E-state index contributed by atoms with van der Waals surface area (Å²) in [6, 6.07) is 15.2. The molecule has 2 aliphatic heterocycles. The highest BCUT2D eigenvalue weighted by atomic mass is 16.5. The van der Waals surface area contributed by atoms with E-state index in [0.29, 0.717) is 6.10 Å². The van der Waals surface area contributed by atoms with Gasteiger partial charge in [-0.2, -0.15) is 0 Å². The van der Waals surface area contributed by atoms with Gasteiger partial charge in [-0.1, -0.05) is 12.5 Å². The van der Waals surface area contributed by atoms with Crippen LogP contribution < -0.4 is 15.6 Å². The Balaban J connectivity index is 1.26. The van der Waals surface area contributed by atoms with Gasteiger partial charge in [0.05, 0.1) is 11.4 Å². The molecule has 2 N–H and O–H groups in total. The van der Waals surface area contributed by atoms with Gasteiger partial charge < -0.3 is 20.5 Å². The number of hydrogen-bond donors (Lipinski definition) is 2. The molecule has 1 aromatic heterocycles. The van der Waals surface area contributed by atoms with Gasteiger partial charge in [0.2, 0.25) is 0 Å². The number of ether oxygens (including phenoxy) is 1. The Morgan fingerprint density at radius 3 is 2.48 bits per heavy atom. The zero-order valence-electron chi connectivity index (χ0n) is 16.7. The largest absolute Gasteiger partial charge is 0.490 e. The minimum absolute atomic E-state index is 0.331. The molecular formula is C24H28N4O. The summed E-state index contributed by atoms with van der Waals surface area (Å²) in [6.07, 6.45) is 12.5. The second-order valence-corrected chi connectivity index (χ2v) is 8.07. The molecule has 2 fully saturated rings. The summed E-state index contributed by atoms with van der Waals surface area (Å²) in [6.45, 7) is 2.35. The Kier molecular flexibility index (Phi) is 5.22. The number of nitrogens with zero attached hydrogens (tertiary/aromatic N) is 2. The van der Waals surface area contributed by atoms with Crippen molar-refractivity contribution in [2.45, 2.75) is 44.2 Å². The van der Waals surface area contributed by atoms with E-state index >= 15 is 0 Å². The summed E-state index contributed by atoms with van der Waals surface area (Å²) in [5.74, 6) is 0.954. The first-order chi connectivity index (χ1) is 14.4. The number of aromatic nitrogens is 1.